The van der Waals surface area contributed by atoms with Gasteiger partial charge in [0.1, 0.15) is 11.5 Å². The third-order valence-corrected chi connectivity index (χ3v) is 4.77. The molecule has 0 atom stereocenters. The quantitative estimate of drug-likeness (QED) is 0.786. The number of carbonyl (C=O) groups is 1. The Kier molecular flexibility index (Phi) is 4.54. The van der Waals surface area contributed by atoms with Gasteiger partial charge in [-0.05, 0) is 11.1 Å². The monoisotopic (exact) mass is 348 g/mol. The van der Waals surface area contributed by atoms with E-state index in [4.69, 9.17) is 9.63 Å². The van der Waals surface area contributed by atoms with Gasteiger partial charge in [0.15, 0.2) is 0 Å². The first-order valence-electron chi connectivity index (χ1n) is 8.78. The molecule has 3 aromatic rings. The lowest BCUT2D eigenvalue weighted by molar-refractivity contribution is -0.132. The molecule has 0 aliphatic carbocycles. The van der Waals surface area contributed by atoms with Crippen molar-refractivity contribution in [2.75, 3.05) is 13.2 Å². The zero-order chi connectivity index (χ0) is 17.9. The van der Waals surface area contributed by atoms with Crippen LogP contribution in [0.3, 0.4) is 0 Å². The van der Waals surface area contributed by atoms with Crippen molar-refractivity contribution in [1.82, 2.24) is 10.1 Å². The molecule has 5 nitrogen and oxygen atoms in total. The number of hydrogen-bond acceptors (Lipinski definition) is 4. The molecule has 0 saturated heterocycles. The van der Waals surface area contributed by atoms with Crippen LogP contribution in [0.5, 0.6) is 0 Å². The van der Waals surface area contributed by atoms with Crippen LogP contribution >= 0.6 is 0 Å². The van der Waals surface area contributed by atoms with Crippen molar-refractivity contribution in [2.24, 2.45) is 0 Å². The summed E-state index contributed by atoms with van der Waals surface area (Å²) in [6.07, 6.45) is 0.809. The molecule has 1 amide bonds. The second-order valence-corrected chi connectivity index (χ2v) is 6.42. The highest BCUT2D eigenvalue weighted by Gasteiger charge is 2.27. The zero-order valence-electron chi connectivity index (χ0n) is 14.4. The molecule has 1 aliphatic heterocycles. The van der Waals surface area contributed by atoms with Crippen LogP contribution in [0.15, 0.2) is 59.1 Å². The molecule has 1 N–H and O–H groups in total. The van der Waals surface area contributed by atoms with Gasteiger partial charge >= 0.3 is 0 Å². The van der Waals surface area contributed by atoms with Gasteiger partial charge in [0.2, 0.25) is 5.91 Å². The van der Waals surface area contributed by atoms with Crippen molar-refractivity contribution in [3.63, 3.8) is 0 Å². The predicted molar refractivity (Wildman–Crippen MR) is 98.2 cm³/mol. The summed E-state index contributed by atoms with van der Waals surface area (Å²) >= 11 is 0. The first-order valence-corrected chi connectivity index (χ1v) is 8.78. The highest BCUT2D eigenvalue weighted by molar-refractivity contribution is 5.77. The standard InChI is InChI=1S/C21H20N2O3/c24-13-11-20(25)23-12-10-19-18(14-23)21(22-26-19)17-8-6-16(7-9-17)15-4-2-1-3-5-15/h1-9,24H,10-14H2. The normalized spacial score (nSPS) is 13.5. The van der Waals surface area contributed by atoms with Crippen LogP contribution in [0.1, 0.15) is 17.7 Å². The maximum Gasteiger partial charge on any atom is 0.225 e. The molecular weight excluding hydrogens is 328 g/mol. The molecule has 132 valence electrons. The number of aromatic nitrogens is 1. The molecule has 26 heavy (non-hydrogen) atoms. The molecule has 5 heteroatoms. The Morgan fingerprint density at radius 2 is 1.73 bits per heavy atom. The second kappa shape index (κ2) is 7.14. The number of aliphatic hydroxyl groups excluding tert-OH is 1. The summed E-state index contributed by atoms with van der Waals surface area (Å²) in [4.78, 5) is 13.9. The Hall–Kier alpha value is -2.92. The fourth-order valence-corrected chi connectivity index (χ4v) is 3.35. The van der Waals surface area contributed by atoms with Crippen LogP contribution in [0, 0.1) is 0 Å². The van der Waals surface area contributed by atoms with Gasteiger partial charge in [-0.15, -0.1) is 0 Å². The van der Waals surface area contributed by atoms with Gasteiger partial charge in [-0.2, -0.15) is 0 Å². The maximum atomic E-state index is 12.1. The van der Waals surface area contributed by atoms with Crippen LogP contribution < -0.4 is 0 Å². The van der Waals surface area contributed by atoms with E-state index in [1.165, 1.54) is 5.56 Å². The van der Waals surface area contributed by atoms with E-state index < -0.39 is 0 Å². The smallest absolute Gasteiger partial charge is 0.225 e. The van der Waals surface area contributed by atoms with Gasteiger partial charge in [-0.3, -0.25) is 4.79 Å². The van der Waals surface area contributed by atoms with Gasteiger partial charge in [0, 0.05) is 30.5 Å². The average Bonchev–Trinajstić information content (AvgIpc) is 3.12. The number of fused-ring (bicyclic) bond motifs is 1. The van der Waals surface area contributed by atoms with Crippen LogP contribution in [0.4, 0.5) is 0 Å². The minimum Gasteiger partial charge on any atom is -0.396 e. The fraction of sp³-hybridized carbons (Fsp3) is 0.238. The number of hydrogen-bond donors (Lipinski definition) is 1. The first kappa shape index (κ1) is 16.5. The second-order valence-electron chi connectivity index (χ2n) is 6.42. The number of amides is 1. The minimum absolute atomic E-state index is 0.0373. The van der Waals surface area contributed by atoms with Gasteiger partial charge < -0.3 is 14.5 Å². The summed E-state index contributed by atoms with van der Waals surface area (Å²) in [6.45, 7) is 0.959. The summed E-state index contributed by atoms with van der Waals surface area (Å²) in [5, 5.41) is 13.2. The van der Waals surface area contributed by atoms with E-state index in [1.807, 2.05) is 30.3 Å². The molecule has 0 radical (unpaired) electrons. The molecule has 0 saturated carbocycles. The summed E-state index contributed by atoms with van der Waals surface area (Å²) in [6, 6.07) is 18.4. The number of aliphatic hydroxyl groups is 1. The molecule has 4 rings (SSSR count). The van der Waals surface area contributed by atoms with E-state index in [-0.39, 0.29) is 18.9 Å². The Morgan fingerprint density at radius 1 is 1.04 bits per heavy atom. The van der Waals surface area contributed by atoms with E-state index in [0.717, 1.165) is 28.1 Å². The molecular formula is C21H20N2O3. The van der Waals surface area contributed by atoms with Crippen molar-refractivity contribution in [1.29, 1.82) is 0 Å². The van der Waals surface area contributed by atoms with Gasteiger partial charge in [-0.1, -0.05) is 59.8 Å². The van der Waals surface area contributed by atoms with E-state index in [1.54, 1.807) is 4.90 Å². The highest BCUT2D eigenvalue weighted by atomic mass is 16.5. The molecule has 2 aromatic carbocycles. The van der Waals surface area contributed by atoms with Crippen molar-refractivity contribution >= 4 is 5.91 Å². The van der Waals surface area contributed by atoms with E-state index in [9.17, 15) is 4.79 Å². The largest absolute Gasteiger partial charge is 0.396 e. The molecule has 2 heterocycles. The maximum absolute atomic E-state index is 12.1. The summed E-state index contributed by atoms with van der Waals surface area (Å²) in [7, 11) is 0. The van der Waals surface area contributed by atoms with Crippen molar-refractivity contribution in [3.8, 4) is 22.4 Å². The lowest BCUT2D eigenvalue weighted by Gasteiger charge is -2.26. The third-order valence-electron chi connectivity index (χ3n) is 4.77. The van der Waals surface area contributed by atoms with Crippen LogP contribution in [0.25, 0.3) is 22.4 Å². The molecule has 0 bridgehead atoms. The topological polar surface area (TPSA) is 66.6 Å². The Morgan fingerprint density at radius 3 is 2.46 bits per heavy atom. The molecule has 0 unspecified atom stereocenters. The van der Waals surface area contributed by atoms with Gasteiger partial charge in [-0.25, -0.2) is 0 Å². The Balaban J connectivity index is 1.60. The lowest BCUT2D eigenvalue weighted by Crippen LogP contribution is -2.36. The van der Waals surface area contributed by atoms with Crippen molar-refractivity contribution in [3.05, 3.63) is 65.9 Å². The number of benzene rings is 2. The predicted octanol–water partition coefficient (Wildman–Crippen LogP) is 3.28. The summed E-state index contributed by atoms with van der Waals surface area (Å²) in [5.74, 6) is 0.810. The highest BCUT2D eigenvalue weighted by Crippen LogP contribution is 2.31. The van der Waals surface area contributed by atoms with E-state index >= 15 is 0 Å². The molecule has 0 fully saturated rings. The lowest BCUT2D eigenvalue weighted by atomic mass is 9.98. The Labute approximate surface area is 151 Å². The van der Waals surface area contributed by atoms with Gasteiger partial charge in [0.05, 0.1) is 13.2 Å². The number of nitrogens with zero attached hydrogens (tertiary/aromatic N) is 2. The molecule has 0 spiro atoms. The molecule has 1 aromatic heterocycles. The first-order chi connectivity index (χ1) is 12.8. The fourth-order valence-electron chi connectivity index (χ4n) is 3.35. The van der Waals surface area contributed by atoms with Crippen LogP contribution in [0.2, 0.25) is 0 Å². The van der Waals surface area contributed by atoms with Crippen LogP contribution in [-0.2, 0) is 17.8 Å². The minimum atomic E-state index is -0.125. The number of carbonyl (C=O) groups excluding carboxylic acids is 1. The average molecular weight is 348 g/mol. The van der Waals surface area contributed by atoms with E-state index in [0.29, 0.717) is 19.5 Å². The SMILES string of the molecule is O=C(CCO)N1CCc2onc(-c3ccc(-c4ccccc4)cc3)c2C1. The van der Waals surface area contributed by atoms with Crippen LogP contribution in [-0.4, -0.2) is 34.2 Å². The third kappa shape index (κ3) is 3.13. The summed E-state index contributed by atoms with van der Waals surface area (Å²) in [5.41, 5.74) is 5.05. The molecule has 1 aliphatic rings. The van der Waals surface area contributed by atoms with Crippen molar-refractivity contribution < 1.29 is 14.4 Å². The van der Waals surface area contributed by atoms with Gasteiger partial charge in [0.25, 0.3) is 0 Å². The Bertz CT molecular complexity index is 901. The van der Waals surface area contributed by atoms with E-state index in [2.05, 4.69) is 29.4 Å². The number of rotatable bonds is 4. The zero-order valence-corrected chi connectivity index (χ0v) is 14.4. The van der Waals surface area contributed by atoms with Crippen molar-refractivity contribution in [2.45, 2.75) is 19.4 Å². The summed E-state index contributed by atoms with van der Waals surface area (Å²) < 4.78 is 5.51.